The van der Waals surface area contributed by atoms with Gasteiger partial charge in [-0.2, -0.15) is 0 Å². The summed E-state index contributed by atoms with van der Waals surface area (Å²) < 4.78 is 0. The lowest BCUT2D eigenvalue weighted by atomic mass is 10.0. The van der Waals surface area contributed by atoms with Crippen LogP contribution in [0, 0.1) is 0 Å². The normalized spacial score (nSPS) is 16.5. The van der Waals surface area contributed by atoms with Crippen LogP contribution in [0.15, 0.2) is 42.5 Å². The van der Waals surface area contributed by atoms with Gasteiger partial charge in [0.2, 0.25) is 11.8 Å². The molecule has 3 amide bonds. The molecule has 10 nitrogen and oxygen atoms in total. The summed E-state index contributed by atoms with van der Waals surface area (Å²) in [6, 6.07) is 8.99. The molecule has 0 aromatic heterocycles. The number of carboxylic acids is 1. The third kappa shape index (κ3) is 5.34. The van der Waals surface area contributed by atoms with Crippen LogP contribution < -0.4 is 16.4 Å². The lowest BCUT2D eigenvalue weighted by molar-refractivity contribution is -0.137. The first-order valence-corrected chi connectivity index (χ1v) is 9.94. The minimum absolute atomic E-state index is 0.0571. The van der Waals surface area contributed by atoms with Gasteiger partial charge in [-0.15, -0.1) is 0 Å². The van der Waals surface area contributed by atoms with E-state index in [0.29, 0.717) is 11.3 Å². The molecule has 168 valence electrons. The number of nitrogens with zero attached hydrogens (tertiary/aromatic N) is 1. The second-order valence-corrected chi connectivity index (χ2v) is 7.68. The Kier molecular flexibility index (Phi) is 6.62. The van der Waals surface area contributed by atoms with E-state index in [9.17, 15) is 24.3 Å². The van der Waals surface area contributed by atoms with Crippen molar-refractivity contribution < 1.29 is 29.4 Å². The maximum Gasteiger partial charge on any atom is 0.305 e. The van der Waals surface area contributed by atoms with Gasteiger partial charge in [0.15, 0.2) is 0 Å². The number of rotatable bonds is 7. The Bertz CT molecular complexity index is 1050. The van der Waals surface area contributed by atoms with E-state index in [-0.39, 0.29) is 29.8 Å². The van der Waals surface area contributed by atoms with Gasteiger partial charge in [-0.25, -0.2) is 0 Å². The Morgan fingerprint density at radius 3 is 2.53 bits per heavy atom. The Balaban J connectivity index is 1.92. The summed E-state index contributed by atoms with van der Waals surface area (Å²) in [7, 11) is 0. The molecule has 0 bridgehead atoms. The average molecular weight is 440 g/mol. The topological polar surface area (TPSA) is 162 Å². The summed E-state index contributed by atoms with van der Waals surface area (Å²) in [5.41, 5.74) is 7.25. The van der Waals surface area contributed by atoms with Crippen LogP contribution in [0.2, 0.25) is 0 Å². The van der Waals surface area contributed by atoms with Crippen LogP contribution >= 0.6 is 0 Å². The van der Waals surface area contributed by atoms with E-state index in [1.807, 2.05) is 0 Å². The quantitative estimate of drug-likeness (QED) is 0.400. The van der Waals surface area contributed by atoms with Crippen LogP contribution in [-0.2, 0) is 20.8 Å². The fourth-order valence-corrected chi connectivity index (χ4v) is 3.53. The lowest BCUT2D eigenvalue weighted by Crippen LogP contribution is -2.51. The first-order chi connectivity index (χ1) is 15.1. The Morgan fingerprint density at radius 2 is 1.88 bits per heavy atom. The Morgan fingerprint density at radius 1 is 1.19 bits per heavy atom. The van der Waals surface area contributed by atoms with Crippen LogP contribution in [0.1, 0.15) is 29.3 Å². The zero-order chi connectivity index (χ0) is 23.4. The van der Waals surface area contributed by atoms with Crippen LogP contribution in [0.5, 0.6) is 5.75 Å². The molecule has 0 fully saturated rings. The number of aromatic hydroxyl groups is 1. The fraction of sp³-hybridized carbons (Fsp3) is 0.273. The molecule has 0 saturated heterocycles. The molecule has 0 aliphatic carbocycles. The number of nitrogen functional groups attached to an aromatic ring is 1. The van der Waals surface area contributed by atoms with Crippen molar-refractivity contribution in [3.63, 3.8) is 0 Å². The minimum Gasteiger partial charge on any atom is -0.508 e. The lowest BCUT2D eigenvalue weighted by Gasteiger charge is -2.29. The Hall–Kier alpha value is -4.08. The summed E-state index contributed by atoms with van der Waals surface area (Å²) in [4.78, 5) is 51.0. The number of aliphatic carboxylic acids is 1. The van der Waals surface area contributed by atoms with Crippen LogP contribution in [-0.4, -0.2) is 57.4 Å². The van der Waals surface area contributed by atoms with Gasteiger partial charge in [-0.05, 0) is 42.8 Å². The predicted octanol–water partition coefficient (Wildman–Crippen LogP) is 0.959. The number of carboxylic acid groups (broad SMARTS) is 1. The number of fused-ring (bicyclic) bond motifs is 1. The second-order valence-electron chi connectivity index (χ2n) is 7.68. The van der Waals surface area contributed by atoms with Crippen molar-refractivity contribution in [3.05, 3.63) is 53.6 Å². The molecule has 0 unspecified atom stereocenters. The smallest absolute Gasteiger partial charge is 0.305 e. The van der Waals surface area contributed by atoms with E-state index in [0.717, 1.165) is 4.90 Å². The number of carbonyl (C=O) groups is 4. The molecule has 2 aromatic carbocycles. The number of anilines is 2. The molecule has 32 heavy (non-hydrogen) atoms. The molecule has 10 heteroatoms. The SMILES string of the molecule is C[C@@H](CC(=O)O)NC(=O)CN1C(=O)c2cc(N)ccc2NC(=O)[C@@H]1Cc1ccc(O)cc1. The van der Waals surface area contributed by atoms with E-state index in [2.05, 4.69) is 10.6 Å². The highest BCUT2D eigenvalue weighted by atomic mass is 16.4. The number of hydrogen-bond acceptors (Lipinski definition) is 6. The predicted molar refractivity (Wildman–Crippen MR) is 116 cm³/mol. The number of amides is 3. The summed E-state index contributed by atoms with van der Waals surface area (Å²) in [6.45, 7) is 1.08. The van der Waals surface area contributed by atoms with Gasteiger partial charge in [-0.1, -0.05) is 12.1 Å². The first kappa shape index (κ1) is 22.6. The van der Waals surface area contributed by atoms with E-state index in [4.69, 9.17) is 10.8 Å². The van der Waals surface area contributed by atoms with Crippen LogP contribution in [0.4, 0.5) is 11.4 Å². The average Bonchev–Trinajstić information content (AvgIpc) is 2.79. The van der Waals surface area contributed by atoms with Crippen LogP contribution in [0.25, 0.3) is 0 Å². The number of carbonyl (C=O) groups excluding carboxylic acids is 3. The van der Waals surface area contributed by atoms with E-state index < -0.39 is 42.3 Å². The first-order valence-electron chi connectivity index (χ1n) is 9.94. The number of benzene rings is 2. The third-order valence-electron chi connectivity index (χ3n) is 5.04. The highest BCUT2D eigenvalue weighted by molar-refractivity contribution is 6.11. The maximum absolute atomic E-state index is 13.4. The zero-order valence-electron chi connectivity index (χ0n) is 17.4. The van der Waals surface area contributed by atoms with Gasteiger partial charge in [0.05, 0.1) is 17.7 Å². The fourth-order valence-electron chi connectivity index (χ4n) is 3.53. The highest BCUT2D eigenvalue weighted by Gasteiger charge is 2.36. The zero-order valence-corrected chi connectivity index (χ0v) is 17.4. The van der Waals surface area contributed by atoms with E-state index in [1.54, 1.807) is 18.2 Å². The molecular weight excluding hydrogens is 416 g/mol. The number of phenolic OH excluding ortho intramolecular Hbond substituents is 1. The standard InChI is InChI=1S/C22H24N4O6/c1-12(8-20(29)30)24-19(28)11-26-18(9-13-2-5-15(27)6-3-13)21(31)25-17-7-4-14(23)10-16(17)22(26)32/h2-7,10,12,18,27H,8-9,11,23H2,1H3,(H,24,28)(H,25,31)(H,29,30)/t12-,18-/m0/s1. The minimum atomic E-state index is -1.07. The molecule has 0 radical (unpaired) electrons. The number of nitrogens with one attached hydrogen (secondary N) is 2. The Labute approximate surface area is 184 Å². The van der Waals surface area contributed by atoms with Gasteiger partial charge < -0.3 is 31.5 Å². The molecule has 6 N–H and O–H groups in total. The molecular formula is C22H24N4O6. The van der Waals surface area contributed by atoms with Crippen molar-refractivity contribution in [2.75, 3.05) is 17.6 Å². The molecule has 1 aliphatic rings. The molecule has 0 saturated carbocycles. The summed E-state index contributed by atoms with van der Waals surface area (Å²) in [5, 5.41) is 23.7. The van der Waals surface area contributed by atoms with E-state index >= 15 is 0 Å². The summed E-state index contributed by atoms with van der Waals surface area (Å²) in [6.07, 6.45) is -0.185. The summed E-state index contributed by atoms with van der Waals surface area (Å²) in [5.74, 6) is -2.65. The molecule has 0 spiro atoms. The molecule has 1 heterocycles. The van der Waals surface area contributed by atoms with Gasteiger partial charge in [0.1, 0.15) is 18.3 Å². The van der Waals surface area contributed by atoms with Crippen molar-refractivity contribution in [3.8, 4) is 5.75 Å². The maximum atomic E-state index is 13.4. The van der Waals surface area contributed by atoms with Gasteiger partial charge >= 0.3 is 5.97 Å². The van der Waals surface area contributed by atoms with Gasteiger partial charge in [0, 0.05) is 18.2 Å². The van der Waals surface area contributed by atoms with E-state index in [1.165, 1.54) is 31.2 Å². The largest absolute Gasteiger partial charge is 0.508 e. The van der Waals surface area contributed by atoms with Crippen molar-refractivity contribution in [1.29, 1.82) is 0 Å². The van der Waals surface area contributed by atoms with Gasteiger partial charge in [0.25, 0.3) is 5.91 Å². The molecule has 1 aliphatic heterocycles. The molecule has 2 atom stereocenters. The monoisotopic (exact) mass is 440 g/mol. The third-order valence-corrected chi connectivity index (χ3v) is 5.04. The van der Waals surface area contributed by atoms with Gasteiger partial charge in [-0.3, -0.25) is 19.2 Å². The van der Waals surface area contributed by atoms with Crippen molar-refractivity contribution in [2.45, 2.75) is 31.8 Å². The highest BCUT2D eigenvalue weighted by Crippen LogP contribution is 2.27. The number of nitrogens with two attached hydrogens (primary N) is 1. The number of hydrogen-bond donors (Lipinski definition) is 5. The van der Waals surface area contributed by atoms with Crippen molar-refractivity contribution in [2.24, 2.45) is 0 Å². The second kappa shape index (κ2) is 9.38. The number of phenols is 1. The van der Waals surface area contributed by atoms with Crippen LogP contribution in [0.3, 0.4) is 0 Å². The van der Waals surface area contributed by atoms with Crippen molar-refractivity contribution >= 4 is 35.1 Å². The molecule has 3 rings (SSSR count). The van der Waals surface area contributed by atoms with Crippen molar-refractivity contribution in [1.82, 2.24) is 10.2 Å². The molecule has 2 aromatic rings. The summed E-state index contributed by atoms with van der Waals surface area (Å²) >= 11 is 0.